The van der Waals surface area contributed by atoms with Crippen LogP contribution in [0.4, 0.5) is 18.0 Å². The van der Waals surface area contributed by atoms with Crippen molar-refractivity contribution in [3.05, 3.63) is 36.2 Å². The van der Waals surface area contributed by atoms with Gasteiger partial charge in [0, 0.05) is 46.3 Å². The molecule has 0 radical (unpaired) electrons. The van der Waals surface area contributed by atoms with Crippen molar-refractivity contribution in [2.75, 3.05) is 13.1 Å². The van der Waals surface area contributed by atoms with Gasteiger partial charge in [-0.3, -0.25) is 0 Å². The molecule has 3 aromatic rings. The summed E-state index contributed by atoms with van der Waals surface area (Å²) in [6.07, 6.45) is -5.25. The largest absolute Gasteiger partial charge is 0.491 e. The molecule has 0 spiro atoms. The van der Waals surface area contributed by atoms with Crippen molar-refractivity contribution in [1.82, 2.24) is 19.6 Å². The van der Waals surface area contributed by atoms with Gasteiger partial charge in [-0.05, 0) is 52.0 Å². The Morgan fingerprint density at radius 2 is 1.89 bits per heavy atom. The first-order valence-electron chi connectivity index (χ1n) is 10.2. The maximum Gasteiger partial charge on any atom is 0.491 e. The molecular weight excluding hydrogens is 509 g/mol. The van der Waals surface area contributed by atoms with Crippen LogP contribution in [0.2, 0.25) is 0 Å². The summed E-state index contributed by atoms with van der Waals surface area (Å²) in [7, 11) is -3.99. The van der Waals surface area contributed by atoms with Crippen LogP contribution in [0.15, 0.2) is 34.7 Å². The number of esters is 1. The summed E-state index contributed by atoms with van der Waals surface area (Å²) in [6, 6.07) is 6.79. The zero-order valence-corrected chi connectivity index (χ0v) is 20.8. The van der Waals surface area contributed by atoms with E-state index in [0.717, 1.165) is 32.9 Å². The highest BCUT2D eigenvalue weighted by molar-refractivity contribution is 7.91. The van der Waals surface area contributed by atoms with Crippen molar-refractivity contribution >= 4 is 44.5 Å². The van der Waals surface area contributed by atoms with Crippen molar-refractivity contribution in [1.29, 1.82) is 0 Å². The zero-order valence-electron chi connectivity index (χ0n) is 19.2. The number of sulfonamides is 1. The van der Waals surface area contributed by atoms with E-state index in [0.29, 0.717) is 10.5 Å². The predicted octanol–water partition coefficient (Wildman–Crippen LogP) is 4.20. The monoisotopic (exact) mass is 532 g/mol. The molecule has 35 heavy (non-hydrogen) atoms. The first kappa shape index (κ1) is 26.6. The third-order valence-electron chi connectivity index (χ3n) is 4.85. The van der Waals surface area contributed by atoms with Crippen molar-refractivity contribution < 1.29 is 35.9 Å². The Balaban J connectivity index is 1.72. The summed E-state index contributed by atoms with van der Waals surface area (Å²) in [5.74, 6) is -2.65. The molecule has 3 aromatic heterocycles. The second kappa shape index (κ2) is 9.59. The first-order valence-corrected chi connectivity index (χ1v) is 12.5. The van der Waals surface area contributed by atoms with Crippen molar-refractivity contribution in [2.24, 2.45) is 0 Å². The molecule has 0 aliphatic heterocycles. The number of H-pyrrole nitrogens is 1. The second-order valence-electron chi connectivity index (χ2n) is 8.57. The van der Waals surface area contributed by atoms with E-state index in [1.54, 1.807) is 18.3 Å². The summed E-state index contributed by atoms with van der Waals surface area (Å²) < 4.78 is 69.2. The molecule has 190 valence electrons. The number of carbonyl (C=O) groups is 2. The number of halogens is 3. The molecule has 0 fully saturated rings. The number of alkyl halides is 3. The number of fused-ring (bicyclic) bond motifs is 1. The number of carbonyl (C=O) groups excluding carboxylic acids is 2. The van der Waals surface area contributed by atoms with E-state index < -0.39 is 33.8 Å². The lowest BCUT2D eigenvalue weighted by Crippen LogP contribution is -2.50. The molecule has 9 nitrogen and oxygen atoms in total. The van der Waals surface area contributed by atoms with Gasteiger partial charge in [-0.25, -0.2) is 27.7 Å². The molecule has 0 aromatic carbocycles. The highest BCUT2D eigenvalue weighted by atomic mass is 32.2. The standard InChI is InChI=1S/C21H23F3N4O5S2/c1-12-11-14-13(7-8-25-17(14)27-12)15-5-6-16(34-15)35(31,32)26-9-10-28(20(2,3)4)19(30)33-18(29)21(22,23)24/h5-8,11,26H,9-10H2,1-4H3,(H,25,27). The zero-order chi connectivity index (χ0) is 26.2. The molecule has 0 aliphatic rings. The van der Waals surface area contributed by atoms with Crippen LogP contribution in [0, 0.1) is 6.92 Å². The van der Waals surface area contributed by atoms with Crippen molar-refractivity contribution in [3.8, 4) is 10.4 Å². The Hall–Kier alpha value is -2.97. The molecule has 0 bridgehead atoms. The number of aryl methyl sites for hydroxylation is 1. The normalized spacial score (nSPS) is 12.7. The van der Waals surface area contributed by atoms with Crippen LogP contribution in [-0.2, 0) is 19.6 Å². The second-order valence-corrected chi connectivity index (χ2v) is 11.6. The summed E-state index contributed by atoms with van der Waals surface area (Å²) in [5.41, 5.74) is 1.34. The van der Waals surface area contributed by atoms with Crippen LogP contribution in [-0.4, -0.2) is 60.2 Å². The molecule has 0 saturated carbocycles. The number of ether oxygens (including phenoxy) is 1. The quantitative estimate of drug-likeness (QED) is 0.363. The molecule has 14 heteroatoms. The molecule has 3 rings (SSSR count). The van der Waals surface area contributed by atoms with Gasteiger partial charge >= 0.3 is 18.2 Å². The fourth-order valence-corrected chi connectivity index (χ4v) is 5.65. The summed E-state index contributed by atoms with van der Waals surface area (Å²) in [4.78, 5) is 32.1. The molecule has 0 unspecified atom stereocenters. The van der Waals surface area contributed by atoms with Gasteiger partial charge in [0.1, 0.15) is 9.86 Å². The van der Waals surface area contributed by atoms with Gasteiger partial charge in [0.25, 0.3) is 0 Å². The number of rotatable bonds is 6. The van der Waals surface area contributed by atoms with Crippen LogP contribution in [0.3, 0.4) is 0 Å². The molecule has 3 heterocycles. The van der Waals surface area contributed by atoms with Gasteiger partial charge in [0.2, 0.25) is 10.0 Å². The molecule has 0 atom stereocenters. The van der Waals surface area contributed by atoms with E-state index in [-0.39, 0.29) is 17.3 Å². The predicted molar refractivity (Wildman–Crippen MR) is 123 cm³/mol. The van der Waals surface area contributed by atoms with Crippen molar-refractivity contribution in [2.45, 2.75) is 43.6 Å². The fraction of sp³-hybridized carbons (Fsp3) is 0.381. The molecular formula is C21H23F3N4O5S2. The van der Waals surface area contributed by atoms with E-state index in [9.17, 15) is 31.2 Å². The Labute approximate surface area is 203 Å². The third kappa shape index (κ3) is 6.18. The molecule has 0 aliphatic carbocycles. The van der Waals surface area contributed by atoms with E-state index in [1.807, 2.05) is 13.0 Å². The van der Waals surface area contributed by atoms with Crippen LogP contribution >= 0.6 is 11.3 Å². The minimum atomic E-state index is -5.34. The number of hydrogen-bond donors (Lipinski definition) is 2. The Bertz CT molecular complexity index is 1360. The minimum absolute atomic E-state index is 0.0156. The SMILES string of the molecule is Cc1cc2c(-c3ccc(S(=O)(=O)NCCN(C(=O)OC(=O)C(F)(F)F)C(C)(C)C)s3)ccnc2[nH]1. The molecule has 1 amide bonds. The first-order chi connectivity index (χ1) is 16.1. The number of aromatic amines is 1. The highest BCUT2D eigenvalue weighted by Crippen LogP contribution is 2.35. The average molecular weight is 533 g/mol. The van der Waals surface area contributed by atoms with Crippen LogP contribution < -0.4 is 4.72 Å². The van der Waals surface area contributed by atoms with E-state index in [1.165, 1.54) is 26.8 Å². The number of pyridine rings is 1. The summed E-state index contributed by atoms with van der Waals surface area (Å²) in [5, 5.41) is 0.844. The number of nitrogens with one attached hydrogen (secondary N) is 2. The smallest absolute Gasteiger partial charge is 0.369 e. The van der Waals surface area contributed by atoms with Gasteiger partial charge < -0.3 is 14.6 Å². The Morgan fingerprint density at radius 3 is 2.51 bits per heavy atom. The number of thiophene rings is 1. The van der Waals surface area contributed by atoms with E-state index >= 15 is 0 Å². The van der Waals surface area contributed by atoms with Gasteiger partial charge in [0.05, 0.1) is 0 Å². The Kier molecular flexibility index (Phi) is 7.29. The minimum Gasteiger partial charge on any atom is -0.369 e. The third-order valence-corrected chi connectivity index (χ3v) is 7.92. The fourth-order valence-electron chi connectivity index (χ4n) is 3.24. The van der Waals surface area contributed by atoms with E-state index in [2.05, 4.69) is 19.4 Å². The van der Waals surface area contributed by atoms with Crippen LogP contribution in [0.1, 0.15) is 26.5 Å². The average Bonchev–Trinajstić information content (AvgIpc) is 3.35. The number of amides is 1. The topological polar surface area (TPSA) is 121 Å². The number of nitrogens with zero attached hydrogens (tertiary/aromatic N) is 2. The summed E-state index contributed by atoms with van der Waals surface area (Å²) in [6.45, 7) is 5.74. The van der Waals surface area contributed by atoms with Crippen molar-refractivity contribution in [3.63, 3.8) is 0 Å². The van der Waals surface area contributed by atoms with Gasteiger partial charge in [-0.1, -0.05) is 0 Å². The molecule has 0 saturated heterocycles. The van der Waals surface area contributed by atoms with Gasteiger partial charge in [0.15, 0.2) is 0 Å². The molecule has 2 N–H and O–H groups in total. The lowest BCUT2D eigenvalue weighted by molar-refractivity contribution is -0.194. The number of aromatic nitrogens is 2. The maximum absolute atomic E-state index is 12.8. The van der Waals surface area contributed by atoms with Gasteiger partial charge in [-0.2, -0.15) is 13.2 Å². The Morgan fingerprint density at radius 1 is 1.20 bits per heavy atom. The van der Waals surface area contributed by atoms with Crippen LogP contribution in [0.5, 0.6) is 0 Å². The van der Waals surface area contributed by atoms with Gasteiger partial charge in [-0.15, -0.1) is 11.3 Å². The van der Waals surface area contributed by atoms with Crippen LogP contribution in [0.25, 0.3) is 21.5 Å². The number of hydrogen-bond acceptors (Lipinski definition) is 7. The lowest BCUT2D eigenvalue weighted by atomic mass is 10.1. The van der Waals surface area contributed by atoms with E-state index in [4.69, 9.17) is 0 Å². The maximum atomic E-state index is 12.8. The lowest BCUT2D eigenvalue weighted by Gasteiger charge is -2.34. The highest BCUT2D eigenvalue weighted by Gasteiger charge is 2.44. The summed E-state index contributed by atoms with van der Waals surface area (Å²) >= 11 is 1.03.